The Hall–Kier alpha value is -2.77. The number of aromatic nitrogens is 2. The van der Waals surface area contributed by atoms with Crippen LogP contribution in [0.15, 0.2) is 53.1 Å². The Bertz CT molecular complexity index is 946. The predicted molar refractivity (Wildman–Crippen MR) is 107 cm³/mol. The summed E-state index contributed by atoms with van der Waals surface area (Å²) in [6.07, 6.45) is 0.591. The third-order valence-electron chi connectivity index (χ3n) is 4.33. The lowest BCUT2D eigenvalue weighted by molar-refractivity contribution is -0.131. The van der Waals surface area contributed by atoms with Crippen molar-refractivity contribution in [2.24, 2.45) is 0 Å². The molecule has 0 aliphatic rings. The van der Waals surface area contributed by atoms with Crippen LogP contribution in [-0.4, -0.2) is 47.8 Å². The molecule has 1 aromatic heterocycles. The molecule has 152 valence electrons. The molecule has 1 amide bonds. The molecular formula is C21H21ClFN3O3. The summed E-state index contributed by atoms with van der Waals surface area (Å²) in [5, 5.41) is 4.57. The highest BCUT2D eigenvalue weighted by Crippen LogP contribution is 2.20. The highest BCUT2D eigenvalue weighted by molar-refractivity contribution is 6.30. The Labute approximate surface area is 173 Å². The van der Waals surface area contributed by atoms with Gasteiger partial charge in [-0.3, -0.25) is 4.79 Å². The molecule has 2 aromatic carbocycles. The molecule has 0 N–H and O–H groups in total. The molecule has 1 heterocycles. The second-order valence-corrected chi connectivity index (χ2v) is 6.89. The number of carbonyl (C=O) groups excluding carboxylic acids is 1. The van der Waals surface area contributed by atoms with Gasteiger partial charge in [0.1, 0.15) is 5.82 Å². The molecule has 8 heteroatoms. The quantitative estimate of drug-likeness (QED) is 0.530. The molecule has 0 atom stereocenters. The molecule has 0 spiro atoms. The first kappa shape index (κ1) is 21.0. The second-order valence-electron chi connectivity index (χ2n) is 6.45. The van der Waals surface area contributed by atoms with Gasteiger partial charge in [0.05, 0.1) is 13.0 Å². The fourth-order valence-corrected chi connectivity index (χ4v) is 2.97. The molecule has 0 bridgehead atoms. The van der Waals surface area contributed by atoms with Gasteiger partial charge in [-0.1, -0.05) is 41.0 Å². The monoisotopic (exact) mass is 417 g/mol. The first-order valence-corrected chi connectivity index (χ1v) is 9.52. The molecule has 0 fully saturated rings. The van der Waals surface area contributed by atoms with E-state index in [2.05, 4.69) is 10.1 Å². The van der Waals surface area contributed by atoms with Gasteiger partial charge in [-0.2, -0.15) is 4.98 Å². The number of methoxy groups -OCH3 is 1. The number of nitrogens with zero attached hydrogens (tertiary/aromatic N) is 3. The highest BCUT2D eigenvalue weighted by Gasteiger charge is 2.16. The van der Waals surface area contributed by atoms with Crippen LogP contribution in [0.5, 0.6) is 0 Å². The lowest BCUT2D eigenvalue weighted by atomic mass is 10.1. The maximum Gasteiger partial charge on any atom is 0.228 e. The lowest BCUT2D eigenvalue weighted by Gasteiger charge is -2.21. The molecule has 6 nitrogen and oxygen atoms in total. The molecule has 0 unspecified atom stereocenters. The summed E-state index contributed by atoms with van der Waals surface area (Å²) in [7, 11) is 1.58. The Morgan fingerprint density at radius 3 is 2.72 bits per heavy atom. The zero-order chi connectivity index (χ0) is 20.6. The van der Waals surface area contributed by atoms with Gasteiger partial charge in [0, 0.05) is 37.2 Å². The average molecular weight is 418 g/mol. The van der Waals surface area contributed by atoms with Crippen molar-refractivity contribution >= 4 is 17.5 Å². The molecule has 0 saturated carbocycles. The van der Waals surface area contributed by atoms with Crippen LogP contribution in [0.25, 0.3) is 11.4 Å². The van der Waals surface area contributed by atoms with Crippen molar-refractivity contribution in [2.45, 2.75) is 12.8 Å². The van der Waals surface area contributed by atoms with Crippen LogP contribution >= 0.6 is 11.6 Å². The molecule has 3 aromatic rings. The van der Waals surface area contributed by atoms with E-state index in [0.717, 1.165) is 11.1 Å². The molecule has 0 radical (unpaired) electrons. The van der Waals surface area contributed by atoms with Crippen molar-refractivity contribution in [1.29, 1.82) is 0 Å². The number of amides is 1. The van der Waals surface area contributed by atoms with Crippen LogP contribution in [0.4, 0.5) is 4.39 Å². The Balaban J connectivity index is 1.63. The third-order valence-corrected chi connectivity index (χ3v) is 4.57. The Morgan fingerprint density at radius 2 is 2.00 bits per heavy atom. The summed E-state index contributed by atoms with van der Waals surface area (Å²) in [6, 6.07) is 13.1. The molecule has 3 rings (SSSR count). The van der Waals surface area contributed by atoms with E-state index >= 15 is 0 Å². The fourth-order valence-electron chi connectivity index (χ4n) is 2.78. The second kappa shape index (κ2) is 10.1. The summed E-state index contributed by atoms with van der Waals surface area (Å²) >= 11 is 6.00. The van der Waals surface area contributed by atoms with Gasteiger partial charge < -0.3 is 14.2 Å². The first-order valence-electron chi connectivity index (χ1n) is 9.15. The summed E-state index contributed by atoms with van der Waals surface area (Å²) in [5.41, 5.74) is 1.51. The molecular weight excluding hydrogens is 397 g/mol. The molecule has 0 aliphatic carbocycles. The van der Waals surface area contributed by atoms with Gasteiger partial charge in [-0.05, 0) is 29.8 Å². The van der Waals surface area contributed by atoms with Crippen LogP contribution in [-0.2, 0) is 22.4 Å². The number of carbonyl (C=O) groups is 1. The van der Waals surface area contributed by atoms with Crippen molar-refractivity contribution in [3.05, 3.63) is 70.8 Å². The summed E-state index contributed by atoms with van der Waals surface area (Å²) in [4.78, 5) is 18.7. The Morgan fingerprint density at radius 1 is 1.21 bits per heavy atom. The largest absolute Gasteiger partial charge is 0.383 e. The molecule has 29 heavy (non-hydrogen) atoms. The number of rotatable bonds is 9. The van der Waals surface area contributed by atoms with Crippen molar-refractivity contribution in [3.63, 3.8) is 0 Å². The summed E-state index contributed by atoms with van der Waals surface area (Å²) in [5.74, 6) is 0.466. The van der Waals surface area contributed by atoms with E-state index in [9.17, 15) is 9.18 Å². The third kappa shape index (κ3) is 6.10. The summed E-state index contributed by atoms with van der Waals surface area (Å²) < 4.78 is 23.5. The smallest absolute Gasteiger partial charge is 0.228 e. The topological polar surface area (TPSA) is 68.5 Å². The lowest BCUT2D eigenvalue weighted by Crippen LogP contribution is -2.36. The van der Waals surface area contributed by atoms with Crippen molar-refractivity contribution in [3.8, 4) is 11.4 Å². The van der Waals surface area contributed by atoms with Gasteiger partial charge in [-0.25, -0.2) is 4.39 Å². The fraction of sp³-hybridized carbons (Fsp3) is 0.286. The van der Waals surface area contributed by atoms with E-state index in [0.29, 0.717) is 42.9 Å². The van der Waals surface area contributed by atoms with E-state index in [1.165, 1.54) is 12.1 Å². The minimum Gasteiger partial charge on any atom is -0.383 e. The van der Waals surface area contributed by atoms with Gasteiger partial charge in [0.15, 0.2) is 0 Å². The first-order chi connectivity index (χ1) is 14.0. The number of hydrogen-bond donors (Lipinski definition) is 0. The average Bonchev–Trinajstić information content (AvgIpc) is 3.19. The SMILES string of the molecule is COCCN(CCc1nc(-c2cccc(Cl)c2)no1)C(=O)Cc1ccc(F)cc1. The standard InChI is InChI=1S/C21H21ClFN3O3/c1-28-12-11-26(20(27)13-15-5-7-18(23)8-6-15)10-9-19-24-21(25-29-19)16-3-2-4-17(22)14-16/h2-8,14H,9-13H2,1H3. The van der Waals surface area contributed by atoms with Crippen LogP contribution < -0.4 is 0 Å². The maximum atomic E-state index is 13.1. The molecule has 0 aliphatic heterocycles. The van der Waals surface area contributed by atoms with Gasteiger partial charge >= 0.3 is 0 Å². The van der Waals surface area contributed by atoms with Gasteiger partial charge in [0.2, 0.25) is 17.6 Å². The van der Waals surface area contributed by atoms with Crippen molar-refractivity contribution in [2.75, 3.05) is 26.8 Å². The van der Waals surface area contributed by atoms with E-state index in [1.54, 1.807) is 36.3 Å². The van der Waals surface area contributed by atoms with E-state index in [4.69, 9.17) is 20.9 Å². The Kier molecular flexibility index (Phi) is 7.32. The van der Waals surface area contributed by atoms with Crippen LogP contribution in [0.1, 0.15) is 11.5 Å². The van der Waals surface area contributed by atoms with Crippen molar-refractivity contribution < 1.29 is 18.4 Å². The van der Waals surface area contributed by atoms with Crippen LogP contribution in [0.3, 0.4) is 0 Å². The van der Waals surface area contributed by atoms with Gasteiger partial charge in [0.25, 0.3) is 0 Å². The van der Waals surface area contributed by atoms with E-state index in [1.807, 2.05) is 12.1 Å². The minimum absolute atomic E-state index is 0.0803. The maximum absolute atomic E-state index is 13.1. The van der Waals surface area contributed by atoms with Crippen LogP contribution in [0, 0.1) is 5.82 Å². The van der Waals surface area contributed by atoms with E-state index < -0.39 is 0 Å². The van der Waals surface area contributed by atoms with Gasteiger partial charge in [-0.15, -0.1) is 0 Å². The highest BCUT2D eigenvalue weighted by atomic mass is 35.5. The number of halogens is 2. The summed E-state index contributed by atoms with van der Waals surface area (Å²) in [6.45, 7) is 1.25. The number of ether oxygens (including phenoxy) is 1. The minimum atomic E-state index is -0.329. The zero-order valence-corrected chi connectivity index (χ0v) is 16.7. The normalized spacial score (nSPS) is 10.9. The number of benzene rings is 2. The van der Waals surface area contributed by atoms with E-state index in [-0.39, 0.29) is 18.1 Å². The molecule has 0 saturated heterocycles. The van der Waals surface area contributed by atoms with Crippen LogP contribution in [0.2, 0.25) is 5.02 Å². The predicted octanol–water partition coefficient (Wildman–Crippen LogP) is 3.79. The zero-order valence-electron chi connectivity index (χ0n) is 16.0. The van der Waals surface area contributed by atoms with Crippen molar-refractivity contribution in [1.82, 2.24) is 15.0 Å². The number of hydrogen-bond acceptors (Lipinski definition) is 5.